The van der Waals surface area contributed by atoms with Gasteiger partial charge in [-0.1, -0.05) is 47.1 Å². The van der Waals surface area contributed by atoms with Gasteiger partial charge in [0.15, 0.2) is 5.78 Å². The molecule has 0 bridgehead atoms. The molecule has 0 heterocycles. The average Bonchev–Trinajstić information content (AvgIpc) is 2.54. The Morgan fingerprint density at radius 1 is 0.900 bits per heavy atom. The quantitative estimate of drug-likeness (QED) is 0.244. The van der Waals surface area contributed by atoms with Crippen LogP contribution in [0, 0.1) is 10.8 Å². The molecule has 4 nitrogen and oxygen atoms in total. The minimum atomic E-state index is -0.723. The van der Waals surface area contributed by atoms with Gasteiger partial charge in [-0.15, -0.1) is 6.58 Å². The lowest BCUT2D eigenvalue weighted by molar-refractivity contribution is -0.175. The number of hydrogen-bond acceptors (Lipinski definition) is 4. The van der Waals surface area contributed by atoms with Crippen molar-refractivity contribution in [1.29, 1.82) is 0 Å². The molecule has 0 N–H and O–H groups in total. The predicted molar refractivity (Wildman–Crippen MR) is 126 cm³/mol. The van der Waals surface area contributed by atoms with E-state index in [2.05, 4.69) is 6.58 Å². The summed E-state index contributed by atoms with van der Waals surface area (Å²) in [6.45, 7) is 25.3. The summed E-state index contributed by atoms with van der Waals surface area (Å²) in [5, 5.41) is 0. The lowest BCUT2D eigenvalue weighted by Gasteiger charge is -2.44. The van der Waals surface area contributed by atoms with Gasteiger partial charge < -0.3 is 9.47 Å². The zero-order valence-corrected chi connectivity index (χ0v) is 21.6. The number of carbonyl (C=O) groups is 2. The van der Waals surface area contributed by atoms with Gasteiger partial charge in [0, 0.05) is 11.8 Å². The first-order valence-electron chi connectivity index (χ1n) is 11.4. The molecule has 0 fully saturated rings. The molecule has 176 valence electrons. The first kappa shape index (κ1) is 29.0. The number of rotatable bonds is 13. The van der Waals surface area contributed by atoms with E-state index in [1.165, 1.54) is 0 Å². The fourth-order valence-electron chi connectivity index (χ4n) is 3.40. The van der Waals surface area contributed by atoms with E-state index in [0.29, 0.717) is 12.2 Å². The maximum atomic E-state index is 13.2. The van der Waals surface area contributed by atoms with Crippen molar-refractivity contribution >= 4 is 11.6 Å². The van der Waals surface area contributed by atoms with Crippen molar-refractivity contribution in [3.05, 3.63) is 12.7 Å². The van der Waals surface area contributed by atoms with Gasteiger partial charge in [-0.05, 0) is 60.8 Å². The van der Waals surface area contributed by atoms with Crippen LogP contribution in [0.3, 0.4) is 0 Å². The Hall–Kier alpha value is -1.00. The van der Waals surface area contributed by atoms with Crippen LogP contribution in [0.4, 0.5) is 0 Å². The second-order valence-electron chi connectivity index (χ2n) is 11.6. The SMILES string of the molecule is C=CCC(CCCCC(=O)C(C)(C)C)OC(C)(C)C(C)(C)C(=O)C(C)OC(C)(C)C. The van der Waals surface area contributed by atoms with E-state index in [9.17, 15) is 9.59 Å². The average molecular weight is 425 g/mol. The molecular formula is C26H48O4. The highest BCUT2D eigenvalue weighted by Crippen LogP contribution is 2.38. The topological polar surface area (TPSA) is 52.6 Å². The molecule has 30 heavy (non-hydrogen) atoms. The minimum absolute atomic E-state index is 0.0341. The molecule has 2 unspecified atom stereocenters. The van der Waals surface area contributed by atoms with Crippen molar-refractivity contribution in [3.8, 4) is 0 Å². The van der Waals surface area contributed by atoms with E-state index in [0.717, 1.165) is 25.7 Å². The summed E-state index contributed by atoms with van der Waals surface area (Å²) in [5.74, 6) is 0.333. The third-order valence-electron chi connectivity index (χ3n) is 5.93. The molecule has 0 amide bonds. The van der Waals surface area contributed by atoms with E-state index in [-0.39, 0.29) is 22.9 Å². The summed E-state index contributed by atoms with van der Waals surface area (Å²) >= 11 is 0. The van der Waals surface area contributed by atoms with Gasteiger partial charge in [-0.3, -0.25) is 9.59 Å². The van der Waals surface area contributed by atoms with Crippen LogP contribution in [0.5, 0.6) is 0 Å². The molecule has 0 radical (unpaired) electrons. The van der Waals surface area contributed by atoms with Crippen LogP contribution in [-0.2, 0) is 19.1 Å². The van der Waals surface area contributed by atoms with Gasteiger partial charge in [-0.2, -0.15) is 0 Å². The Morgan fingerprint density at radius 3 is 1.87 bits per heavy atom. The van der Waals surface area contributed by atoms with Crippen LogP contribution >= 0.6 is 0 Å². The summed E-state index contributed by atoms with van der Waals surface area (Å²) in [4.78, 5) is 25.3. The summed E-state index contributed by atoms with van der Waals surface area (Å²) < 4.78 is 12.4. The molecular weight excluding hydrogens is 376 g/mol. The molecule has 0 saturated heterocycles. The van der Waals surface area contributed by atoms with E-state index < -0.39 is 17.1 Å². The number of carbonyl (C=O) groups excluding carboxylic acids is 2. The van der Waals surface area contributed by atoms with Gasteiger partial charge in [0.05, 0.1) is 22.7 Å². The lowest BCUT2D eigenvalue weighted by Crippen LogP contribution is -2.52. The van der Waals surface area contributed by atoms with E-state index in [4.69, 9.17) is 9.47 Å². The Labute approximate surface area is 186 Å². The fraction of sp³-hybridized carbons (Fsp3) is 0.846. The minimum Gasteiger partial charge on any atom is -0.371 e. The second-order valence-corrected chi connectivity index (χ2v) is 11.6. The monoisotopic (exact) mass is 424 g/mol. The predicted octanol–water partition coefficient (Wildman–Crippen LogP) is 6.70. The lowest BCUT2D eigenvalue weighted by atomic mass is 9.72. The van der Waals surface area contributed by atoms with E-state index in [1.54, 1.807) is 0 Å². The molecule has 0 aliphatic carbocycles. The van der Waals surface area contributed by atoms with Crippen molar-refractivity contribution in [2.24, 2.45) is 10.8 Å². The Balaban J connectivity index is 5.06. The first-order valence-corrected chi connectivity index (χ1v) is 11.4. The van der Waals surface area contributed by atoms with Crippen molar-refractivity contribution in [3.63, 3.8) is 0 Å². The van der Waals surface area contributed by atoms with Crippen LogP contribution in [0.15, 0.2) is 12.7 Å². The van der Waals surface area contributed by atoms with Crippen molar-refractivity contribution < 1.29 is 19.1 Å². The van der Waals surface area contributed by atoms with Crippen LogP contribution in [0.2, 0.25) is 0 Å². The van der Waals surface area contributed by atoms with Crippen LogP contribution in [0.25, 0.3) is 0 Å². The Kier molecular flexibility index (Phi) is 10.7. The van der Waals surface area contributed by atoms with Gasteiger partial charge in [0.1, 0.15) is 11.9 Å². The smallest absolute Gasteiger partial charge is 0.169 e. The molecule has 0 rings (SSSR count). The van der Waals surface area contributed by atoms with Crippen molar-refractivity contribution in [2.45, 2.75) is 132 Å². The molecule has 4 heteroatoms. The molecule has 0 aliphatic rings. The normalized spacial score (nSPS) is 15.6. The molecule has 0 aromatic rings. The van der Waals surface area contributed by atoms with Gasteiger partial charge >= 0.3 is 0 Å². The van der Waals surface area contributed by atoms with Gasteiger partial charge in [0.25, 0.3) is 0 Å². The summed E-state index contributed by atoms with van der Waals surface area (Å²) in [5.41, 5.74) is -2.06. The standard InChI is InChI=1S/C26H48O4/c1-13-16-20(17-14-15-18-21(27)23(3,4)5)30-26(11,12)25(9,10)22(28)19(2)29-24(6,7)8/h13,19-20H,1,14-18H2,2-12H3. The first-order chi connectivity index (χ1) is 13.3. The maximum absolute atomic E-state index is 13.2. The van der Waals surface area contributed by atoms with E-state index in [1.807, 2.05) is 82.2 Å². The third-order valence-corrected chi connectivity index (χ3v) is 5.93. The molecule has 0 aromatic heterocycles. The van der Waals surface area contributed by atoms with E-state index >= 15 is 0 Å². The number of ether oxygens (including phenoxy) is 2. The maximum Gasteiger partial charge on any atom is 0.169 e. The highest BCUT2D eigenvalue weighted by atomic mass is 16.5. The van der Waals surface area contributed by atoms with Crippen LogP contribution in [0.1, 0.15) is 108 Å². The molecule has 0 saturated carbocycles. The molecule has 2 atom stereocenters. The Bertz CT molecular complexity index is 573. The number of unbranched alkanes of at least 4 members (excludes halogenated alkanes) is 1. The third kappa shape index (κ3) is 9.43. The highest BCUT2D eigenvalue weighted by molar-refractivity contribution is 5.89. The number of ketones is 2. The largest absolute Gasteiger partial charge is 0.371 e. The molecule has 0 spiro atoms. The van der Waals surface area contributed by atoms with Gasteiger partial charge in [0.2, 0.25) is 0 Å². The zero-order chi connectivity index (χ0) is 24.0. The van der Waals surface area contributed by atoms with Crippen molar-refractivity contribution in [1.82, 2.24) is 0 Å². The number of hydrogen-bond donors (Lipinski definition) is 0. The van der Waals surface area contributed by atoms with Crippen LogP contribution < -0.4 is 0 Å². The molecule has 0 aliphatic heterocycles. The summed E-state index contributed by atoms with van der Waals surface area (Å²) in [7, 11) is 0. The van der Waals surface area contributed by atoms with Crippen molar-refractivity contribution in [2.75, 3.05) is 0 Å². The highest BCUT2D eigenvalue weighted by Gasteiger charge is 2.47. The summed E-state index contributed by atoms with van der Waals surface area (Å²) in [6.07, 6.45) is 5.23. The number of Topliss-reactive ketones (excluding diaryl/α,β-unsaturated/α-hetero) is 2. The molecule has 0 aromatic carbocycles. The zero-order valence-electron chi connectivity index (χ0n) is 21.6. The Morgan fingerprint density at radius 2 is 1.43 bits per heavy atom. The summed E-state index contributed by atoms with van der Waals surface area (Å²) in [6, 6.07) is 0. The van der Waals surface area contributed by atoms with Gasteiger partial charge in [-0.25, -0.2) is 0 Å². The second kappa shape index (κ2) is 11.0. The van der Waals surface area contributed by atoms with Crippen LogP contribution in [-0.4, -0.2) is 35.0 Å². The fourth-order valence-corrected chi connectivity index (χ4v) is 3.40.